The van der Waals surface area contributed by atoms with E-state index in [1.807, 2.05) is 11.4 Å². The number of amides is 1. The molecule has 1 saturated carbocycles. The van der Waals surface area contributed by atoms with Crippen LogP contribution in [-0.4, -0.2) is 11.4 Å². The van der Waals surface area contributed by atoms with E-state index in [2.05, 4.69) is 21.2 Å². The first kappa shape index (κ1) is 10.1. The molecule has 0 bridgehead atoms. The highest BCUT2D eigenvalue weighted by Crippen LogP contribution is 2.32. The van der Waals surface area contributed by atoms with Gasteiger partial charge in [-0.15, -0.1) is 11.3 Å². The molecule has 14 heavy (non-hydrogen) atoms. The fraction of sp³-hybridized carbons (Fsp3) is 0.444. The van der Waals surface area contributed by atoms with Gasteiger partial charge in [-0.05, 0) is 40.2 Å². The monoisotopic (exact) mass is 274 g/mol. The summed E-state index contributed by atoms with van der Waals surface area (Å²) in [5.41, 5.74) is 5.18. The lowest BCUT2D eigenvalue weighted by atomic mass is 10.3. The quantitative estimate of drug-likeness (QED) is 0.880. The van der Waals surface area contributed by atoms with Crippen molar-refractivity contribution in [2.75, 3.05) is 0 Å². The smallest absolute Gasteiger partial charge is 0.240 e. The van der Waals surface area contributed by atoms with Crippen molar-refractivity contribution in [1.82, 2.24) is 5.32 Å². The van der Waals surface area contributed by atoms with E-state index in [1.54, 1.807) is 11.3 Å². The lowest BCUT2D eigenvalue weighted by molar-refractivity contribution is -0.123. The molecule has 0 radical (unpaired) electrons. The van der Waals surface area contributed by atoms with E-state index in [0.717, 1.165) is 22.2 Å². The Labute approximate surface area is 94.8 Å². The lowest BCUT2D eigenvalue weighted by Gasteiger charge is -2.08. The van der Waals surface area contributed by atoms with Gasteiger partial charge in [0.25, 0.3) is 0 Å². The van der Waals surface area contributed by atoms with E-state index in [-0.39, 0.29) is 5.91 Å². The van der Waals surface area contributed by atoms with Crippen LogP contribution < -0.4 is 11.1 Å². The third kappa shape index (κ3) is 1.99. The number of hydrogen-bond acceptors (Lipinski definition) is 3. The van der Waals surface area contributed by atoms with Crippen LogP contribution in [0, 0.1) is 0 Å². The van der Waals surface area contributed by atoms with Gasteiger partial charge in [-0.1, -0.05) is 0 Å². The summed E-state index contributed by atoms with van der Waals surface area (Å²) in [6.07, 6.45) is 1.62. The minimum atomic E-state index is -0.566. The van der Waals surface area contributed by atoms with Crippen molar-refractivity contribution in [2.45, 2.75) is 24.9 Å². The minimum absolute atomic E-state index is 0.0298. The second kappa shape index (κ2) is 3.64. The molecule has 3 N–H and O–H groups in total. The van der Waals surface area contributed by atoms with Crippen LogP contribution in [0.1, 0.15) is 17.7 Å². The zero-order valence-corrected chi connectivity index (χ0v) is 9.95. The van der Waals surface area contributed by atoms with Crippen molar-refractivity contribution < 1.29 is 4.79 Å². The van der Waals surface area contributed by atoms with Gasteiger partial charge in [-0.3, -0.25) is 4.79 Å². The van der Waals surface area contributed by atoms with Gasteiger partial charge >= 0.3 is 0 Å². The van der Waals surface area contributed by atoms with E-state index >= 15 is 0 Å². The van der Waals surface area contributed by atoms with Crippen molar-refractivity contribution in [1.29, 1.82) is 0 Å². The predicted molar refractivity (Wildman–Crippen MR) is 60.0 cm³/mol. The Kier molecular flexibility index (Phi) is 2.64. The molecule has 0 spiro atoms. The highest BCUT2D eigenvalue weighted by atomic mass is 79.9. The van der Waals surface area contributed by atoms with Crippen molar-refractivity contribution in [2.24, 2.45) is 5.73 Å². The van der Waals surface area contributed by atoms with Gasteiger partial charge in [-0.2, -0.15) is 0 Å². The summed E-state index contributed by atoms with van der Waals surface area (Å²) in [7, 11) is 0. The van der Waals surface area contributed by atoms with Crippen LogP contribution in [0.5, 0.6) is 0 Å². The predicted octanol–water partition coefficient (Wildman–Crippen LogP) is 1.62. The van der Waals surface area contributed by atoms with Gasteiger partial charge in [0.1, 0.15) is 0 Å². The van der Waals surface area contributed by atoms with E-state index < -0.39 is 5.54 Å². The van der Waals surface area contributed by atoms with Crippen LogP contribution in [0.15, 0.2) is 15.9 Å². The van der Waals surface area contributed by atoms with Crippen LogP contribution in [0.4, 0.5) is 0 Å². The lowest BCUT2D eigenvalue weighted by Crippen LogP contribution is -2.42. The molecule has 5 heteroatoms. The molecular formula is C9H11BrN2OS. The normalized spacial score (nSPS) is 17.9. The molecule has 0 unspecified atom stereocenters. The van der Waals surface area contributed by atoms with E-state index in [0.29, 0.717) is 6.54 Å². The summed E-state index contributed by atoms with van der Waals surface area (Å²) in [6.45, 7) is 0.566. The summed E-state index contributed by atoms with van der Waals surface area (Å²) in [4.78, 5) is 12.6. The molecule has 76 valence electrons. The number of rotatable bonds is 3. The van der Waals surface area contributed by atoms with Crippen molar-refractivity contribution in [3.05, 3.63) is 20.8 Å². The van der Waals surface area contributed by atoms with E-state index in [9.17, 15) is 4.79 Å². The number of carbonyl (C=O) groups excluding carboxylic acids is 1. The van der Waals surface area contributed by atoms with Crippen LogP contribution in [0.2, 0.25) is 0 Å². The summed E-state index contributed by atoms with van der Waals surface area (Å²) in [6, 6.07) is 1.97. The maximum absolute atomic E-state index is 11.5. The second-order valence-electron chi connectivity index (χ2n) is 3.53. The SMILES string of the molecule is NC1(C(=O)NCc2sccc2Br)CC1. The standard InChI is InChI=1S/C9H11BrN2OS/c10-6-1-4-14-7(6)5-12-8(13)9(11)2-3-9/h1,4H,2-3,5,11H2,(H,12,13). The number of halogens is 1. The number of hydrogen-bond donors (Lipinski definition) is 2. The Morgan fingerprint density at radius 3 is 2.93 bits per heavy atom. The molecule has 0 aromatic carbocycles. The average molecular weight is 275 g/mol. The third-order valence-electron chi connectivity index (χ3n) is 2.34. The highest BCUT2D eigenvalue weighted by Gasteiger charge is 2.45. The van der Waals surface area contributed by atoms with E-state index in [4.69, 9.17) is 5.73 Å². The Hall–Kier alpha value is -0.390. The summed E-state index contributed by atoms with van der Waals surface area (Å²) in [5, 5.41) is 4.83. The van der Waals surface area contributed by atoms with Crippen molar-refractivity contribution in [3.63, 3.8) is 0 Å². The Bertz CT molecular complexity index is 359. The highest BCUT2D eigenvalue weighted by molar-refractivity contribution is 9.10. The number of nitrogens with two attached hydrogens (primary N) is 1. The third-order valence-corrected chi connectivity index (χ3v) is 4.27. The molecule has 0 aliphatic heterocycles. The number of thiophene rings is 1. The van der Waals surface area contributed by atoms with Crippen molar-refractivity contribution in [3.8, 4) is 0 Å². The maximum Gasteiger partial charge on any atom is 0.240 e. The topological polar surface area (TPSA) is 55.1 Å². The number of nitrogens with one attached hydrogen (secondary N) is 1. The molecule has 1 aliphatic rings. The van der Waals surface area contributed by atoms with Gasteiger partial charge in [0.2, 0.25) is 5.91 Å². The molecule has 1 aromatic heterocycles. The first-order chi connectivity index (χ1) is 6.62. The van der Waals surface area contributed by atoms with Crippen LogP contribution in [0.3, 0.4) is 0 Å². The van der Waals surface area contributed by atoms with Gasteiger partial charge in [-0.25, -0.2) is 0 Å². The van der Waals surface area contributed by atoms with Crippen LogP contribution >= 0.6 is 27.3 Å². The molecule has 0 saturated heterocycles. The molecule has 3 nitrogen and oxygen atoms in total. The Morgan fingerprint density at radius 1 is 1.71 bits per heavy atom. The fourth-order valence-electron chi connectivity index (χ4n) is 1.15. The minimum Gasteiger partial charge on any atom is -0.350 e. The molecular weight excluding hydrogens is 264 g/mol. The zero-order valence-electron chi connectivity index (χ0n) is 7.55. The molecule has 1 aliphatic carbocycles. The fourth-order valence-corrected chi connectivity index (χ4v) is 2.58. The summed E-state index contributed by atoms with van der Waals surface area (Å²) >= 11 is 5.03. The molecule has 1 amide bonds. The summed E-state index contributed by atoms with van der Waals surface area (Å²) < 4.78 is 1.05. The largest absolute Gasteiger partial charge is 0.350 e. The maximum atomic E-state index is 11.5. The Balaban J connectivity index is 1.89. The average Bonchev–Trinajstić information content (AvgIpc) is 2.77. The molecule has 1 fully saturated rings. The molecule has 2 rings (SSSR count). The molecule has 0 atom stereocenters. The van der Waals surface area contributed by atoms with Gasteiger partial charge in [0, 0.05) is 9.35 Å². The van der Waals surface area contributed by atoms with Crippen molar-refractivity contribution >= 4 is 33.2 Å². The Morgan fingerprint density at radius 2 is 2.43 bits per heavy atom. The van der Waals surface area contributed by atoms with Crippen LogP contribution in [-0.2, 0) is 11.3 Å². The first-order valence-corrected chi connectivity index (χ1v) is 6.08. The van der Waals surface area contributed by atoms with Gasteiger partial charge in [0.05, 0.1) is 12.1 Å². The van der Waals surface area contributed by atoms with Gasteiger partial charge < -0.3 is 11.1 Å². The zero-order chi connectivity index (χ0) is 10.2. The summed E-state index contributed by atoms with van der Waals surface area (Å²) in [5.74, 6) is -0.0298. The molecule has 1 aromatic rings. The molecule has 1 heterocycles. The second-order valence-corrected chi connectivity index (χ2v) is 5.39. The van der Waals surface area contributed by atoms with Crippen LogP contribution in [0.25, 0.3) is 0 Å². The van der Waals surface area contributed by atoms with Gasteiger partial charge in [0.15, 0.2) is 0 Å². The number of carbonyl (C=O) groups is 1. The first-order valence-electron chi connectivity index (χ1n) is 4.41. The van der Waals surface area contributed by atoms with E-state index in [1.165, 1.54) is 0 Å².